The van der Waals surface area contributed by atoms with Crippen LogP contribution in [0.5, 0.6) is 0 Å². The van der Waals surface area contributed by atoms with Crippen LogP contribution in [-0.2, 0) is 5.41 Å². The summed E-state index contributed by atoms with van der Waals surface area (Å²) in [5.41, 5.74) is 1.68. The molecule has 0 spiro atoms. The van der Waals surface area contributed by atoms with Gasteiger partial charge in [0.25, 0.3) is 0 Å². The fourth-order valence-electron chi connectivity index (χ4n) is 1.64. The number of fused-ring (bicyclic) bond motifs is 1. The summed E-state index contributed by atoms with van der Waals surface area (Å²) in [7, 11) is 0. The molecule has 0 aliphatic rings. The lowest BCUT2D eigenvalue weighted by molar-refractivity contribution is 0.578. The van der Waals surface area contributed by atoms with Gasteiger partial charge in [-0.25, -0.2) is 4.39 Å². The van der Waals surface area contributed by atoms with Crippen LogP contribution in [-0.4, -0.2) is 10.2 Å². The third kappa shape index (κ3) is 1.39. The van der Waals surface area contributed by atoms with Crippen molar-refractivity contribution in [2.24, 2.45) is 0 Å². The van der Waals surface area contributed by atoms with Crippen LogP contribution in [0.25, 0.3) is 10.9 Å². The Bertz CT molecular complexity index is 466. The molecule has 1 N–H and O–H groups in total. The Morgan fingerprint density at radius 3 is 2.64 bits per heavy atom. The van der Waals surface area contributed by atoms with Gasteiger partial charge in [0, 0.05) is 5.39 Å². The Hall–Kier alpha value is -1.38. The second-order valence-corrected chi connectivity index (χ2v) is 4.53. The van der Waals surface area contributed by atoms with Crippen LogP contribution in [0.2, 0.25) is 0 Å². The fourth-order valence-corrected chi connectivity index (χ4v) is 1.64. The molecule has 0 unspecified atom stereocenters. The largest absolute Gasteiger partial charge is 0.278 e. The normalized spacial score (nSPS) is 12.3. The van der Waals surface area contributed by atoms with Gasteiger partial charge < -0.3 is 0 Å². The zero-order valence-electron chi connectivity index (χ0n) is 8.56. The maximum atomic E-state index is 13.3. The van der Waals surface area contributed by atoms with E-state index >= 15 is 0 Å². The first-order valence-corrected chi connectivity index (χ1v) is 4.61. The van der Waals surface area contributed by atoms with Crippen LogP contribution in [0.1, 0.15) is 26.3 Å². The maximum Gasteiger partial charge on any atom is 0.125 e. The van der Waals surface area contributed by atoms with Gasteiger partial charge in [-0.15, -0.1) is 0 Å². The fraction of sp³-hybridized carbons (Fsp3) is 0.364. The number of hydrogen-bond donors (Lipinski definition) is 1. The molecule has 0 aliphatic heterocycles. The van der Waals surface area contributed by atoms with Crippen molar-refractivity contribution in [2.45, 2.75) is 26.2 Å². The molecule has 0 aliphatic carbocycles. The van der Waals surface area contributed by atoms with Gasteiger partial charge in [-0.3, -0.25) is 5.10 Å². The Kier molecular flexibility index (Phi) is 1.84. The summed E-state index contributed by atoms with van der Waals surface area (Å²) in [5, 5.41) is 7.71. The predicted molar refractivity (Wildman–Crippen MR) is 54.8 cm³/mol. The molecule has 0 radical (unpaired) electrons. The third-order valence-electron chi connectivity index (χ3n) is 2.33. The van der Waals surface area contributed by atoms with Crippen molar-refractivity contribution in [1.82, 2.24) is 10.2 Å². The summed E-state index contributed by atoms with van der Waals surface area (Å²) >= 11 is 0. The van der Waals surface area contributed by atoms with E-state index in [1.807, 2.05) is 0 Å². The summed E-state index contributed by atoms with van der Waals surface area (Å²) in [6.45, 7) is 6.19. The van der Waals surface area contributed by atoms with E-state index in [0.717, 1.165) is 16.5 Å². The van der Waals surface area contributed by atoms with E-state index in [1.165, 1.54) is 6.07 Å². The molecule has 0 atom stereocenters. The number of aromatic amines is 1. The minimum Gasteiger partial charge on any atom is -0.278 e. The lowest BCUT2D eigenvalue weighted by Crippen LogP contribution is -2.11. The first-order valence-electron chi connectivity index (χ1n) is 4.61. The molecule has 2 rings (SSSR count). The first kappa shape index (κ1) is 9.19. The number of aromatic nitrogens is 2. The average molecular weight is 192 g/mol. The Morgan fingerprint density at radius 1 is 1.29 bits per heavy atom. The number of H-pyrrole nitrogens is 1. The second kappa shape index (κ2) is 2.80. The van der Waals surface area contributed by atoms with Gasteiger partial charge in [0.1, 0.15) is 5.82 Å². The Balaban J connectivity index is 2.80. The molecule has 3 heteroatoms. The van der Waals surface area contributed by atoms with Crippen molar-refractivity contribution in [3.8, 4) is 0 Å². The predicted octanol–water partition coefficient (Wildman–Crippen LogP) is 3.00. The molecule has 2 nitrogen and oxygen atoms in total. The molecule has 2 aromatic rings. The highest BCUT2D eigenvalue weighted by Crippen LogP contribution is 2.29. The van der Waals surface area contributed by atoms with Gasteiger partial charge in [-0.2, -0.15) is 5.10 Å². The summed E-state index contributed by atoms with van der Waals surface area (Å²) < 4.78 is 13.3. The Labute approximate surface area is 82.1 Å². The molecule has 1 heterocycles. The molecule has 0 saturated carbocycles. The minimum atomic E-state index is -0.216. The summed E-state index contributed by atoms with van der Waals surface area (Å²) in [6, 6.07) is 3.05. The first-order chi connectivity index (χ1) is 6.48. The van der Waals surface area contributed by atoms with Gasteiger partial charge >= 0.3 is 0 Å². The molecule has 14 heavy (non-hydrogen) atoms. The van der Waals surface area contributed by atoms with E-state index in [4.69, 9.17) is 0 Å². The lowest BCUT2D eigenvalue weighted by atomic mass is 9.85. The van der Waals surface area contributed by atoms with Gasteiger partial charge in [-0.05, 0) is 23.1 Å². The number of benzene rings is 1. The van der Waals surface area contributed by atoms with Crippen molar-refractivity contribution in [2.75, 3.05) is 0 Å². The van der Waals surface area contributed by atoms with Crippen molar-refractivity contribution in [3.05, 3.63) is 29.7 Å². The van der Waals surface area contributed by atoms with E-state index in [0.29, 0.717) is 0 Å². The summed E-state index contributed by atoms with van der Waals surface area (Å²) in [6.07, 6.45) is 1.75. The third-order valence-corrected chi connectivity index (χ3v) is 2.33. The molecular weight excluding hydrogens is 179 g/mol. The second-order valence-electron chi connectivity index (χ2n) is 4.53. The van der Waals surface area contributed by atoms with Crippen molar-refractivity contribution >= 4 is 10.9 Å². The highest BCUT2D eigenvalue weighted by molar-refractivity contribution is 5.82. The molecule has 1 aromatic heterocycles. The van der Waals surface area contributed by atoms with E-state index in [2.05, 4.69) is 31.0 Å². The zero-order chi connectivity index (χ0) is 10.3. The van der Waals surface area contributed by atoms with Crippen molar-refractivity contribution in [3.63, 3.8) is 0 Å². The van der Waals surface area contributed by atoms with Crippen LogP contribution in [0.3, 0.4) is 0 Å². The van der Waals surface area contributed by atoms with Crippen LogP contribution < -0.4 is 0 Å². The SMILES string of the molecule is CC(C)(C)c1cc(F)cc2[nH]ncc12. The monoisotopic (exact) mass is 192 g/mol. The molecule has 0 bridgehead atoms. The number of nitrogens with one attached hydrogen (secondary N) is 1. The molecule has 1 aromatic carbocycles. The molecule has 0 fully saturated rings. The standard InChI is InChI=1S/C11H13FN2/c1-11(2,3)9-4-7(12)5-10-8(9)6-13-14-10/h4-6H,1-3H3,(H,13,14). The van der Waals surface area contributed by atoms with E-state index in [-0.39, 0.29) is 11.2 Å². The van der Waals surface area contributed by atoms with Crippen LogP contribution in [0.4, 0.5) is 4.39 Å². The summed E-state index contributed by atoms with van der Waals surface area (Å²) in [4.78, 5) is 0. The molecule has 0 amide bonds. The zero-order valence-corrected chi connectivity index (χ0v) is 8.56. The van der Waals surface area contributed by atoms with E-state index < -0.39 is 0 Å². The quantitative estimate of drug-likeness (QED) is 0.683. The Morgan fingerprint density at radius 2 is 2.00 bits per heavy atom. The maximum absolute atomic E-state index is 13.3. The topological polar surface area (TPSA) is 28.7 Å². The van der Waals surface area contributed by atoms with E-state index in [1.54, 1.807) is 12.3 Å². The number of halogens is 1. The van der Waals surface area contributed by atoms with Crippen LogP contribution in [0, 0.1) is 5.82 Å². The number of hydrogen-bond acceptors (Lipinski definition) is 1. The molecule has 74 valence electrons. The van der Waals surface area contributed by atoms with Crippen molar-refractivity contribution < 1.29 is 4.39 Å². The number of nitrogens with zero attached hydrogens (tertiary/aromatic N) is 1. The van der Waals surface area contributed by atoms with Gasteiger partial charge in [0.05, 0.1) is 11.7 Å². The minimum absolute atomic E-state index is 0.0653. The summed E-state index contributed by atoms with van der Waals surface area (Å²) in [5.74, 6) is -0.216. The van der Waals surface area contributed by atoms with Gasteiger partial charge in [0.2, 0.25) is 0 Å². The van der Waals surface area contributed by atoms with Crippen molar-refractivity contribution in [1.29, 1.82) is 0 Å². The molecular formula is C11H13FN2. The van der Waals surface area contributed by atoms with Gasteiger partial charge in [-0.1, -0.05) is 20.8 Å². The number of rotatable bonds is 0. The average Bonchev–Trinajstić information content (AvgIpc) is 2.47. The van der Waals surface area contributed by atoms with E-state index in [9.17, 15) is 4.39 Å². The van der Waals surface area contributed by atoms with Crippen LogP contribution >= 0.6 is 0 Å². The highest BCUT2D eigenvalue weighted by atomic mass is 19.1. The van der Waals surface area contributed by atoms with Gasteiger partial charge in [0.15, 0.2) is 0 Å². The highest BCUT2D eigenvalue weighted by Gasteiger charge is 2.18. The van der Waals surface area contributed by atoms with Crippen LogP contribution in [0.15, 0.2) is 18.3 Å². The lowest BCUT2D eigenvalue weighted by Gasteiger charge is -2.19. The molecule has 0 saturated heterocycles. The smallest absolute Gasteiger partial charge is 0.125 e.